The second-order valence-electron chi connectivity index (χ2n) is 6.87. The van der Waals surface area contributed by atoms with Crippen LogP contribution >= 0.6 is 11.3 Å². The summed E-state index contributed by atoms with van der Waals surface area (Å²) in [6.45, 7) is 7.63. The van der Waals surface area contributed by atoms with E-state index in [1.165, 1.54) is 24.3 Å². The summed E-state index contributed by atoms with van der Waals surface area (Å²) in [6.07, 6.45) is 7.35. The Kier molecular flexibility index (Phi) is 4.43. The molecule has 0 amide bonds. The summed E-state index contributed by atoms with van der Waals surface area (Å²) in [5.74, 6) is 1.51. The maximum Gasteiger partial charge on any atom is 0.0931 e. The first-order chi connectivity index (χ1) is 9.70. The highest BCUT2D eigenvalue weighted by atomic mass is 32.1. The molecule has 1 aliphatic heterocycles. The number of rotatable bonds is 7. The van der Waals surface area contributed by atoms with E-state index >= 15 is 0 Å². The largest absolute Gasteiger partial charge is 0.377 e. The van der Waals surface area contributed by atoms with E-state index in [1.807, 2.05) is 6.20 Å². The summed E-state index contributed by atoms with van der Waals surface area (Å²) in [5.41, 5.74) is 0.272. The Morgan fingerprint density at radius 3 is 3.00 bits per heavy atom. The zero-order valence-electron chi connectivity index (χ0n) is 12.6. The van der Waals surface area contributed by atoms with Gasteiger partial charge in [-0.15, -0.1) is 11.3 Å². The molecule has 0 aromatic carbocycles. The molecule has 1 aromatic rings. The van der Waals surface area contributed by atoms with Crippen LogP contribution in [0.5, 0.6) is 0 Å². The highest BCUT2D eigenvalue weighted by molar-refractivity contribution is 7.09. The predicted octanol–water partition coefficient (Wildman–Crippen LogP) is 3.12. The number of nitrogens with zero attached hydrogens (tertiary/aromatic N) is 1. The maximum atomic E-state index is 6.14. The van der Waals surface area contributed by atoms with Gasteiger partial charge in [0.15, 0.2) is 0 Å². The third-order valence-corrected chi connectivity index (χ3v) is 5.35. The van der Waals surface area contributed by atoms with Crippen LogP contribution in [-0.2, 0) is 11.2 Å². The van der Waals surface area contributed by atoms with Gasteiger partial charge in [0.25, 0.3) is 0 Å². The van der Waals surface area contributed by atoms with Gasteiger partial charge in [-0.25, -0.2) is 4.98 Å². The second kappa shape index (κ2) is 6.12. The molecule has 3 nitrogen and oxygen atoms in total. The van der Waals surface area contributed by atoms with Crippen LogP contribution in [0.15, 0.2) is 11.6 Å². The van der Waals surface area contributed by atoms with Gasteiger partial charge in [-0.05, 0) is 37.6 Å². The molecule has 2 heterocycles. The maximum absolute atomic E-state index is 6.14. The summed E-state index contributed by atoms with van der Waals surface area (Å²) in [5, 5.41) is 7.05. The highest BCUT2D eigenvalue weighted by Crippen LogP contribution is 2.49. The molecule has 0 bridgehead atoms. The van der Waals surface area contributed by atoms with Crippen molar-refractivity contribution in [2.75, 3.05) is 19.7 Å². The van der Waals surface area contributed by atoms with Crippen LogP contribution in [0, 0.1) is 17.3 Å². The zero-order chi connectivity index (χ0) is 14.0. The van der Waals surface area contributed by atoms with Crippen LogP contribution in [0.4, 0.5) is 0 Å². The van der Waals surface area contributed by atoms with E-state index in [4.69, 9.17) is 4.74 Å². The van der Waals surface area contributed by atoms with Crippen molar-refractivity contribution in [1.29, 1.82) is 0 Å². The van der Waals surface area contributed by atoms with Gasteiger partial charge in [-0.3, -0.25) is 0 Å². The average molecular weight is 294 g/mol. The molecule has 0 radical (unpaired) electrons. The van der Waals surface area contributed by atoms with Gasteiger partial charge in [-0.1, -0.05) is 13.8 Å². The Labute approximate surface area is 126 Å². The third-order valence-electron chi connectivity index (χ3n) is 4.57. The Morgan fingerprint density at radius 1 is 1.50 bits per heavy atom. The number of hydrogen-bond donors (Lipinski definition) is 1. The molecule has 112 valence electrons. The van der Waals surface area contributed by atoms with Crippen molar-refractivity contribution in [3.05, 3.63) is 16.6 Å². The predicted molar refractivity (Wildman–Crippen MR) is 83.0 cm³/mol. The van der Waals surface area contributed by atoms with Crippen molar-refractivity contribution in [2.45, 2.75) is 45.6 Å². The molecule has 1 saturated carbocycles. The molecular formula is C16H26N2OS. The summed E-state index contributed by atoms with van der Waals surface area (Å²) in [7, 11) is 0. The third kappa shape index (κ3) is 3.23. The molecule has 20 heavy (non-hydrogen) atoms. The Hall–Kier alpha value is -0.450. The first kappa shape index (κ1) is 14.5. The van der Waals surface area contributed by atoms with E-state index in [0.717, 1.165) is 32.0 Å². The lowest BCUT2D eigenvalue weighted by Crippen LogP contribution is -2.44. The van der Waals surface area contributed by atoms with Crippen LogP contribution in [0.1, 0.15) is 38.1 Å². The lowest BCUT2D eigenvalue weighted by atomic mass is 9.76. The van der Waals surface area contributed by atoms with E-state index in [1.54, 1.807) is 11.3 Å². The number of nitrogens with one attached hydrogen (secondary N) is 1. The fourth-order valence-electron chi connectivity index (χ4n) is 3.43. The minimum Gasteiger partial charge on any atom is -0.377 e. The molecule has 0 spiro atoms. The molecule has 1 N–H and O–H groups in total. The number of thiazole rings is 1. The van der Waals surface area contributed by atoms with E-state index in [9.17, 15) is 0 Å². The van der Waals surface area contributed by atoms with Crippen LogP contribution < -0.4 is 5.32 Å². The second-order valence-corrected chi connectivity index (χ2v) is 7.85. The number of aromatic nitrogens is 1. The summed E-state index contributed by atoms with van der Waals surface area (Å²) < 4.78 is 6.14. The van der Waals surface area contributed by atoms with Gasteiger partial charge in [0.05, 0.1) is 11.1 Å². The summed E-state index contributed by atoms with van der Waals surface area (Å²) in [6, 6.07) is 0. The molecule has 2 unspecified atom stereocenters. The first-order valence-corrected chi connectivity index (χ1v) is 8.78. The van der Waals surface area contributed by atoms with Gasteiger partial charge in [0, 0.05) is 36.6 Å². The zero-order valence-corrected chi connectivity index (χ0v) is 13.4. The fraction of sp³-hybridized carbons (Fsp3) is 0.812. The van der Waals surface area contributed by atoms with Crippen molar-refractivity contribution in [1.82, 2.24) is 10.3 Å². The van der Waals surface area contributed by atoms with Crippen LogP contribution in [0.25, 0.3) is 0 Å². The molecule has 2 fully saturated rings. The molecule has 4 heteroatoms. The molecule has 1 saturated heterocycles. The van der Waals surface area contributed by atoms with E-state index in [-0.39, 0.29) is 5.41 Å². The van der Waals surface area contributed by atoms with Crippen molar-refractivity contribution in [3.63, 3.8) is 0 Å². The summed E-state index contributed by atoms with van der Waals surface area (Å²) in [4.78, 5) is 4.52. The molecule has 2 aliphatic rings. The molecule has 1 aromatic heterocycles. The molecular weight excluding hydrogens is 268 g/mol. The minimum absolute atomic E-state index is 0.272. The lowest BCUT2D eigenvalue weighted by Gasteiger charge is -2.34. The quantitative estimate of drug-likeness (QED) is 0.839. The number of hydrogen-bond acceptors (Lipinski definition) is 4. The van der Waals surface area contributed by atoms with Crippen molar-refractivity contribution < 1.29 is 4.74 Å². The van der Waals surface area contributed by atoms with Gasteiger partial charge >= 0.3 is 0 Å². The normalized spacial score (nSPS) is 30.2. The minimum atomic E-state index is 0.272. The molecule has 2 atom stereocenters. The van der Waals surface area contributed by atoms with E-state index in [0.29, 0.717) is 12.0 Å². The first-order valence-electron chi connectivity index (χ1n) is 7.90. The monoisotopic (exact) mass is 294 g/mol. The highest BCUT2D eigenvalue weighted by Gasteiger charge is 2.50. The van der Waals surface area contributed by atoms with Gasteiger partial charge < -0.3 is 10.1 Å². The lowest BCUT2D eigenvalue weighted by molar-refractivity contribution is 0.0304. The number of ether oxygens (including phenoxy) is 1. The molecule has 1 aliphatic carbocycles. The van der Waals surface area contributed by atoms with Crippen LogP contribution in [-0.4, -0.2) is 30.8 Å². The van der Waals surface area contributed by atoms with Gasteiger partial charge in [0.1, 0.15) is 0 Å². The Bertz CT molecular complexity index is 416. The van der Waals surface area contributed by atoms with Gasteiger partial charge in [-0.2, -0.15) is 0 Å². The van der Waals surface area contributed by atoms with Crippen LogP contribution in [0.3, 0.4) is 0 Å². The fourth-order valence-corrected chi connectivity index (χ4v) is 4.21. The van der Waals surface area contributed by atoms with Gasteiger partial charge in [0.2, 0.25) is 0 Å². The SMILES string of the molecule is CC(C)CNCC1(Cc2nccs2)CCOC1C1CC1. The standard InChI is InChI=1S/C16H26N2OS/c1-12(2)10-17-11-16(9-14-18-6-8-20-14)5-7-19-15(16)13-3-4-13/h6,8,12-13,15,17H,3-5,7,9-11H2,1-2H3. The average Bonchev–Trinajstić information content (AvgIpc) is 2.96. The van der Waals surface area contributed by atoms with Crippen molar-refractivity contribution in [2.24, 2.45) is 17.3 Å². The van der Waals surface area contributed by atoms with E-state index in [2.05, 4.69) is 29.5 Å². The topological polar surface area (TPSA) is 34.2 Å². The van der Waals surface area contributed by atoms with Crippen LogP contribution in [0.2, 0.25) is 0 Å². The molecule has 3 rings (SSSR count). The smallest absolute Gasteiger partial charge is 0.0931 e. The van der Waals surface area contributed by atoms with Crippen molar-refractivity contribution in [3.8, 4) is 0 Å². The van der Waals surface area contributed by atoms with Crippen molar-refractivity contribution >= 4 is 11.3 Å². The Morgan fingerprint density at radius 2 is 2.35 bits per heavy atom. The van der Waals surface area contributed by atoms with E-state index < -0.39 is 0 Å². The summed E-state index contributed by atoms with van der Waals surface area (Å²) >= 11 is 1.79. The Balaban J connectivity index is 1.71.